The summed E-state index contributed by atoms with van der Waals surface area (Å²) in [6.45, 7) is 3.78. The Morgan fingerprint density at radius 2 is 1.97 bits per heavy atom. The predicted molar refractivity (Wildman–Crippen MR) is 108 cm³/mol. The minimum absolute atomic E-state index is 0.0519. The van der Waals surface area contributed by atoms with Crippen molar-refractivity contribution < 1.29 is 33.1 Å². The Morgan fingerprint density at radius 3 is 2.52 bits per heavy atom. The lowest BCUT2D eigenvalue weighted by molar-refractivity contribution is -0.159. The predicted octanol–water partition coefficient (Wildman–Crippen LogP) is 0.0810. The number of halogens is 2. The first-order valence-corrected chi connectivity index (χ1v) is 10.8. The molecule has 0 spiro atoms. The number of rotatable bonds is 7. The van der Waals surface area contributed by atoms with Gasteiger partial charge in [-0.1, -0.05) is 6.92 Å². The molecule has 0 bridgehead atoms. The van der Waals surface area contributed by atoms with Crippen LogP contribution in [-0.4, -0.2) is 89.0 Å². The Labute approximate surface area is 182 Å². The van der Waals surface area contributed by atoms with Crippen LogP contribution in [0.1, 0.15) is 20.3 Å². The third kappa shape index (κ3) is 4.14. The molecule has 0 aromatic heterocycles. The van der Waals surface area contributed by atoms with E-state index in [1.807, 2.05) is 0 Å². The minimum atomic E-state index is -3.19. The van der Waals surface area contributed by atoms with Crippen molar-refractivity contribution in [1.29, 1.82) is 0 Å². The van der Waals surface area contributed by atoms with Gasteiger partial charge in [-0.25, -0.2) is 4.79 Å². The average molecular weight is 461 g/mol. The summed E-state index contributed by atoms with van der Waals surface area (Å²) in [7, 11) is 3.33. The maximum Gasteiger partial charge on any atom is 0.353 e. The topological polar surface area (TPSA) is 119 Å². The molecule has 0 radical (unpaired) electrons. The molecular formula is C19H26F2N4O5S. The molecule has 3 aliphatic heterocycles. The number of nitrogens with zero attached hydrogens (tertiary/aromatic N) is 2. The quantitative estimate of drug-likeness (QED) is 0.461. The van der Waals surface area contributed by atoms with Crippen LogP contribution in [0.4, 0.5) is 8.78 Å². The third-order valence-corrected chi connectivity index (χ3v) is 7.53. The van der Waals surface area contributed by atoms with Crippen molar-refractivity contribution in [1.82, 2.24) is 20.4 Å². The molecule has 0 saturated carbocycles. The highest BCUT2D eigenvalue weighted by molar-refractivity contribution is 8.03. The number of thioether (sulfide) groups is 1. The van der Waals surface area contributed by atoms with E-state index in [0.717, 1.165) is 0 Å². The van der Waals surface area contributed by atoms with Crippen molar-refractivity contribution >= 4 is 35.5 Å². The van der Waals surface area contributed by atoms with Gasteiger partial charge in [0.25, 0.3) is 5.91 Å². The van der Waals surface area contributed by atoms with E-state index in [1.165, 1.54) is 28.5 Å². The van der Waals surface area contributed by atoms with Crippen molar-refractivity contribution in [2.45, 2.75) is 50.1 Å². The second-order valence-corrected chi connectivity index (χ2v) is 9.64. The summed E-state index contributed by atoms with van der Waals surface area (Å²) in [6.07, 6.45) is -2.67. The number of nitrogens with one attached hydrogen (secondary N) is 2. The Morgan fingerprint density at radius 1 is 1.32 bits per heavy atom. The van der Waals surface area contributed by atoms with Crippen LogP contribution in [0.2, 0.25) is 0 Å². The summed E-state index contributed by atoms with van der Waals surface area (Å²) in [5.74, 6) is -4.38. The second kappa shape index (κ2) is 8.73. The number of carboxylic acids is 1. The first-order valence-electron chi connectivity index (χ1n) is 9.95. The van der Waals surface area contributed by atoms with Gasteiger partial charge in [-0.05, 0) is 13.3 Å². The van der Waals surface area contributed by atoms with Crippen LogP contribution in [0.25, 0.3) is 0 Å². The van der Waals surface area contributed by atoms with Crippen molar-refractivity contribution in [3.8, 4) is 0 Å². The van der Waals surface area contributed by atoms with E-state index in [-0.39, 0.29) is 28.8 Å². The van der Waals surface area contributed by atoms with Gasteiger partial charge in [0.2, 0.25) is 11.8 Å². The number of hydrogen-bond donors (Lipinski definition) is 3. The van der Waals surface area contributed by atoms with E-state index in [0.29, 0.717) is 17.9 Å². The minimum Gasteiger partial charge on any atom is -0.477 e. The number of amides is 3. The highest BCUT2D eigenvalue weighted by Gasteiger charge is 2.60. The monoisotopic (exact) mass is 460 g/mol. The van der Waals surface area contributed by atoms with Crippen LogP contribution in [0.5, 0.6) is 0 Å². The molecule has 172 valence electrons. The maximum atomic E-state index is 12.7. The number of fused-ring (bicyclic) bond motifs is 1. The number of carbonyl (C=O) groups excluding carboxylic acids is 3. The molecular weight excluding hydrogens is 434 g/mol. The van der Waals surface area contributed by atoms with Crippen molar-refractivity contribution in [2.75, 3.05) is 20.6 Å². The molecule has 6 atom stereocenters. The summed E-state index contributed by atoms with van der Waals surface area (Å²) >= 11 is 1.34. The van der Waals surface area contributed by atoms with Gasteiger partial charge in [-0.2, -0.15) is 8.78 Å². The van der Waals surface area contributed by atoms with E-state index < -0.39 is 42.2 Å². The molecule has 3 N–H and O–H groups in total. The molecule has 2 saturated heterocycles. The molecule has 3 aliphatic rings. The van der Waals surface area contributed by atoms with E-state index in [1.54, 1.807) is 21.0 Å². The molecule has 3 rings (SSSR count). The normalized spacial score (nSPS) is 30.9. The Hall–Kier alpha value is -2.21. The highest BCUT2D eigenvalue weighted by atomic mass is 32.2. The lowest BCUT2D eigenvalue weighted by atomic mass is 9.78. The van der Waals surface area contributed by atoms with E-state index in [9.17, 15) is 33.1 Å². The van der Waals surface area contributed by atoms with Gasteiger partial charge in [0.15, 0.2) is 0 Å². The van der Waals surface area contributed by atoms with Crippen LogP contribution in [-0.2, 0) is 19.2 Å². The fraction of sp³-hybridized carbons (Fsp3) is 0.684. The standard InChI is InChI=1S/C19H26F2N4O5S/c1-7-12-11(8(2)23-16(26)15(20)21)18(28)25(12)13(19(29)30)14(7)31-9-5-10(22-6-9)17(27)24(3)4/h7-12,15,22H,5-6H2,1-4H3,(H,23,26)(H,29,30)/t7-,8+,9-,10-,11+,12+/m0/s1. The zero-order valence-electron chi connectivity index (χ0n) is 17.6. The first kappa shape index (κ1) is 23.5. The molecule has 0 aliphatic carbocycles. The summed E-state index contributed by atoms with van der Waals surface area (Å²) in [5, 5.41) is 15.0. The lowest BCUT2D eigenvalue weighted by Crippen LogP contribution is -2.66. The van der Waals surface area contributed by atoms with Crippen molar-refractivity contribution in [3.05, 3.63) is 10.6 Å². The summed E-state index contributed by atoms with van der Waals surface area (Å²) in [4.78, 5) is 51.4. The fourth-order valence-corrected chi connectivity index (χ4v) is 6.02. The van der Waals surface area contributed by atoms with Crippen LogP contribution in [0, 0.1) is 11.8 Å². The number of likely N-dealkylation sites (N-methyl/N-ethyl adjacent to an activating group) is 1. The van der Waals surface area contributed by atoms with Gasteiger partial charge in [-0.15, -0.1) is 11.8 Å². The van der Waals surface area contributed by atoms with Gasteiger partial charge < -0.3 is 25.5 Å². The number of carbonyl (C=O) groups is 4. The summed E-state index contributed by atoms with van der Waals surface area (Å²) < 4.78 is 25.2. The van der Waals surface area contributed by atoms with Crippen LogP contribution in [0.3, 0.4) is 0 Å². The summed E-state index contributed by atoms with van der Waals surface area (Å²) in [5.41, 5.74) is -0.0986. The molecule has 2 fully saturated rings. The van der Waals surface area contributed by atoms with E-state index >= 15 is 0 Å². The molecule has 0 unspecified atom stereocenters. The number of hydrogen-bond acceptors (Lipinski definition) is 6. The maximum absolute atomic E-state index is 12.7. The van der Waals surface area contributed by atoms with Gasteiger partial charge in [0.1, 0.15) is 5.70 Å². The fourth-order valence-electron chi connectivity index (χ4n) is 4.55. The molecule has 0 aromatic carbocycles. The zero-order chi connectivity index (χ0) is 23.2. The number of β-lactam (4-membered cyclic amide) rings is 1. The molecule has 3 heterocycles. The van der Waals surface area contributed by atoms with Gasteiger partial charge in [0, 0.05) is 42.8 Å². The molecule has 12 heteroatoms. The largest absolute Gasteiger partial charge is 0.477 e. The Balaban J connectivity index is 1.75. The smallest absolute Gasteiger partial charge is 0.353 e. The molecule has 3 amide bonds. The van der Waals surface area contributed by atoms with Gasteiger partial charge in [0.05, 0.1) is 18.0 Å². The van der Waals surface area contributed by atoms with E-state index in [2.05, 4.69) is 10.6 Å². The van der Waals surface area contributed by atoms with Crippen molar-refractivity contribution in [2.24, 2.45) is 11.8 Å². The Kier molecular flexibility index (Phi) is 6.61. The number of carboxylic acid groups (broad SMARTS) is 1. The first-order chi connectivity index (χ1) is 14.5. The van der Waals surface area contributed by atoms with Crippen LogP contribution >= 0.6 is 11.8 Å². The molecule has 0 aromatic rings. The Bertz CT molecular complexity index is 836. The SMILES string of the molecule is C[C@@H]1C(S[C@@H]2CN[C@H](C(=O)N(C)C)C2)=C(C(=O)O)N2C(=O)[C@H]([C@@H](C)NC(=O)C(F)F)[C@@H]12. The van der Waals surface area contributed by atoms with Crippen LogP contribution < -0.4 is 10.6 Å². The van der Waals surface area contributed by atoms with Crippen LogP contribution in [0.15, 0.2) is 10.6 Å². The third-order valence-electron chi connectivity index (χ3n) is 6.02. The lowest BCUT2D eigenvalue weighted by Gasteiger charge is -2.47. The highest BCUT2D eigenvalue weighted by Crippen LogP contribution is 2.51. The number of alkyl halides is 2. The average Bonchev–Trinajstić information content (AvgIpc) is 3.23. The molecule has 31 heavy (non-hydrogen) atoms. The van der Waals surface area contributed by atoms with Crippen molar-refractivity contribution in [3.63, 3.8) is 0 Å². The number of aliphatic carboxylic acids is 1. The molecule has 9 nitrogen and oxygen atoms in total. The van der Waals surface area contributed by atoms with Gasteiger partial charge in [-0.3, -0.25) is 14.4 Å². The summed E-state index contributed by atoms with van der Waals surface area (Å²) in [6, 6.07) is -1.73. The van der Waals surface area contributed by atoms with E-state index in [4.69, 9.17) is 0 Å². The van der Waals surface area contributed by atoms with Gasteiger partial charge >= 0.3 is 12.4 Å². The second-order valence-electron chi connectivity index (χ2n) is 8.30. The zero-order valence-corrected chi connectivity index (χ0v) is 18.4.